The van der Waals surface area contributed by atoms with Crippen LogP contribution in [0.25, 0.3) is 0 Å². The van der Waals surface area contributed by atoms with Crippen molar-refractivity contribution in [2.75, 3.05) is 13.2 Å². The second kappa shape index (κ2) is 2.53. The Kier molecular flexibility index (Phi) is 1.89. The van der Waals surface area contributed by atoms with Crippen molar-refractivity contribution in [1.82, 2.24) is 0 Å². The molecule has 0 amide bonds. The molecule has 5 nitrogen and oxygen atoms in total. The van der Waals surface area contributed by atoms with Gasteiger partial charge in [-0.05, 0) is 0 Å². The van der Waals surface area contributed by atoms with Gasteiger partial charge >= 0.3 is 0 Å². The minimum atomic E-state index is -1.31. The van der Waals surface area contributed by atoms with Crippen molar-refractivity contribution in [3.63, 3.8) is 0 Å². The first-order valence-corrected chi connectivity index (χ1v) is 2.96. The summed E-state index contributed by atoms with van der Waals surface area (Å²) in [6.07, 6.45) is 0.322. The lowest BCUT2D eigenvalue weighted by atomic mass is 10.00. The highest BCUT2D eigenvalue weighted by molar-refractivity contribution is 5.86. The highest BCUT2D eigenvalue weighted by Crippen LogP contribution is 2.15. The van der Waals surface area contributed by atoms with Gasteiger partial charge in [-0.2, -0.15) is 0 Å². The first kappa shape index (κ1) is 7.46. The highest BCUT2D eigenvalue weighted by Gasteiger charge is 2.34. The molecule has 1 aliphatic rings. The number of nitrogens with two attached hydrogens (primary N) is 1. The highest BCUT2D eigenvalue weighted by atomic mass is 17.2. The average Bonchev–Trinajstić information content (AvgIpc) is 1.89. The molecule has 58 valence electrons. The van der Waals surface area contributed by atoms with Crippen LogP contribution in [-0.2, 0) is 9.78 Å². The SMILES string of the molecule is N=C(N)C1(O)CCOOC1. The molecule has 1 unspecified atom stereocenters. The van der Waals surface area contributed by atoms with E-state index in [-0.39, 0.29) is 19.0 Å². The maximum atomic E-state index is 9.39. The van der Waals surface area contributed by atoms with Crippen molar-refractivity contribution in [1.29, 1.82) is 5.41 Å². The molecule has 0 aromatic carbocycles. The Labute approximate surface area is 58.2 Å². The number of nitrogens with one attached hydrogen (secondary N) is 1. The minimum Gasteiger partial charge on any atom is -0.385 e. The molecule has 0 radical (unpaired) electrons. The summed E-state index contributed by atoms with van der Waals surface area (Å²) in [5, 5.41) is 16.4. The van der Waals surface area contributed by atoms with E-state index >= 15 is 0 Å². The van der Waals surface area contributed by atoms with Crippen LogP contribution in [0.3, 0.4) is 0 Å². The molecule has 1 saturated heterocycles. The lowest BCUT2D eigenvalue weighted by Gasteiger charge is -2.29. The maximum Gasteiger partial charge on any atom is 0.149 e. The van der Waals surface area contributed by atoms with Gasteiger partial charge in [0.25, 0.3) is 0 Å². The molecule has 1 aliphatic heterocycles. The van der Waals surface area contributed by atoms with Crippen LogP contribution in [0.5, 0.6) is 0 Å². The topological polar surface area (TPSA) is 88.6 Å². The van der Waals surface area contributed by atoms with Gasteiger partial charge in [-0.15, -0.1) is 0 Å². The standard InChI is InChI=1S/C5H10N2O3/c6-4(7)5(8)1-2-9-10-3-5/h8H,1-3H2,(H3,6,7). The van der Waals surface area contributed by atoms with Crippen LogP contribution in [0.2, 0.25) is 0 Å². The summed E-state index contributed by atoms with van der Waals surface area (Å²) in [7, 11) is 0. The third kappa shape index (κ3) is 1.26. The smallest absolute Gasteiger partial charge is 0.149 e. The van der Waals surface area contributed by atoms with Crippen molar-refractivity contribution in [2.24, 2.45) is 5.73 Å². The predicted molar refractivity (Wildman–Crippen MR) is 33.4 cm³/mol. The summed E-state index contributed by atoms with van der Waals surface area (Å²) < 4.78 is 0. The number of rotatable bonds is 1. The summed E-state index contributed by atoms with van der Waals surface area (Å²) in [6.45, 7) is 0.221. The van der Waals surface area contributed by atoms with Gasteiger partial charge < -0.3 is 10.8 Å². The second-order valence-electron chi connectivity index (χ2n) is 2.28. The third-order valence-corrected chi connectivity index (χ3v) is 1.48. The van der Waals surface area contributed by atoms with Crippen molar-refractivity contribution in [3.05, 3.63) is 0 Å². The molecule has 0 spiro atoms. The fourth-order valence-electron chi connectivity index (χ4n) is 0.693. The largest absolute Gasteiger partial charge is 0.385 e. The zero-order valence-electron chi connectivity index (χ0n) is 5.46. The molecule has 4 N–H and O–H groups in total. The van der Waals surface area contributed by atoms with Crippen LogP contribution in [0, 0.1) is 5.41 Å². The monoisotopic (exact) mass is 146 g/mol. The molecule has 1 atom stereocenters. The fraction of sp³-hybridized carbons (Fsp3) is 0.800. The van der Waals surface area contributed by atoms with Gasteiger partial charge in [0.1, 0.15) is 18.0 Å². The number of amidine groups is 1. The predicted octanol–water partition coefficient (Wildman–Crippen LogP) is -0.995. The van der Waals surface area contributed by atoms with Crippen molar-refractivity contribution >= 4 is 5.84 Å². The average molecular weight is 146 g/mol. The number of hydrogen-bond donors (Lipinski definition) is 3. The summed E-state index contributed by atoms with van der Waals surface area (Å²) >= 11 is 0. The first-order valence-electron chi connectivity index (χ1n) is 2.96. The molecular formula is C5H10N2O3. The van der Waals surface area contributed by atoms with E-state index in [9.17, 15) is 5.11 Å². The Morgan fingerprint density at radius 3 is 2.60 bits per heavy atom. The van der Waals surface area contributed by atoms with Crippen LogP contribution in [-0.4, -0.2) is 29.8 Å². The van der Waals surface area contributed by atoms with Crippen LogP contribution >= 0.6 is 0 Å². The Balaban J connectivity index is 2.56. The van der Waals surface area contributed by atoms with E-state index in [1.807, 2.05) is 0 Å². The van der Waals surface area contributed by atoms with Gasteiger partial charge in [-0.25, -0.2) is 9.78 Å². The molecule has 1 heterocycles. The second-order valence-corrected chi connectivity index (χ2v) is 2.28. The first-order chi connectivity index (χ1) is 4.65. The van der Waals surface area contributed by atoms with Gasteiger partial charge in [0, 0.05) is 6.42 Å². The summed E-state index contributed by atoms with van der Waals surface area (Å²) in [6, 6.07) is 0. The van der Waals surface area contributed by atoms with E-state index in [0.29, 0.717) is 6.42 Å². The lowest BCUT2D eigenvalue weighted by molar-refractivity contribution is -0.338. The van der Waals surface area contributed by atoms with Crippen molar-refractivity contribution < 1.29 is 14.9 Å². The number of aliphatic hydroxyl groups is 1. The van der Waals surface area contributed by atoms with Crippen LogP contribution in [0.15, 0.2) is 0 Å². The van der Waals surface area contributed by atoms with E-state index in [0.717, 1.165) is 0 Å². The zero-order chi connectivity index (χ0) is 7.61. The van der Waals surface area contributed by atoms with Gasteiger partial charge in [-0.1, -0.05) is 0 Å². The van der Waals surface area contributed by atoms with Gasteiger partial charge in [0.15, 0.2) is 0 Å². The van der Waals surface area contributed by atoms with Gasteiger partial charge in [0.05, 0.1) is 6.61 Å². The van der Waals surface area contributed by atoms with Crippen molar-refractivity contribution in [2.45, 2.75) is 12.0 Å². The molecule has 0 aromatic rings. The molecule has 10 heavy (non-hydrogen) atoms. The van der Waals surface area contributed by atoms with E-state index in [4.69, 9.17) is 11.1 Å². The summed E-state index contributed by atoms with van der Waals surface area (Å²) in [4.78, 5) is 8.98. The Hall–Kier alpha value is -0.650. The summed E-state index contributed by atoms with van der Waals surface area (Å²) in [5.74, 6) is -0.268. The Bertz CT molecular complexity index is 142. The minimum absolute atomic E-state index is 0.0532. The normalized spacial score (nSPS) is 33.7. The van der Waals surface area contributed by atoms with E-state index in [1.165, 1.54) is 0 Å². The number of hydrogen-bond acceptors (Lipinski definition) is 4. The third-order valence-electron chi connectivity index (χ3n) is 1.48. The molecule has 1 fully saturated rings. The molecular weight excluding hydrogens is 136 g/mol. The Morgan fingerprint density at radius 2 is 2.30 bits per heavy atom. The molecule has 5 heteroatoms. The van der Waals surface area contributed by atoms with Crippen LogP contribution in [0.4, 0.5) is 0 Å². The Morgan fingerprint density at radius 1 is 1.60 bits per heavy atom. The van der Waals surface area contributed by atoms with Crippen molar-refractivity contribution in [3.8, 4) is 0 Å². The zero-order valence-corrected chi connectivity index (χ0v) is 5.46. The van der Waals surface area contributed by atoms with Gasteiger partial charge in [0.2, 0.25) is 0 Å². The molecule has 0 bridgehead atoms. The molecule has 0 aromatic heterocycles. The molecule has 0 saturated carbocycles. The van der Waals surface area contributed by atoms with Crippen LogP contribution < -0.4 is 5.73 Å². The summed E-state index contributed by atoms with van der Waals surface area (Å²) in [5.41, 5.74) is 3.79. The fourth-order valence-corrected chi connectivity index (χ4v) is 0.693. The van der Waals surface area contributed by atoms with E-state index < -0.39 is 5.60 Å². The lowest BCUT2D eigenvalue weighted by Crippen LogP contribution is -2.50. The molecule has 0 aliphatic carbocycles. The maximum absolute atomic E-state index is 9.39. The van der Waals surface area contributed by atoms with Gasteiger partial charge in [-0.3, -0.25) is 5.41 Å². The quantitative estimate of drug-likeness (QED) is 0.251. The van der Waals surface area contributed by atoms with E-state index in [2.05, 4.69) is 9.78 Å². The van der Waals surface area contributed by atoms with Crippen LogP contribution in [0.1, 0.15) is 6.42 Å². The van der Waals surface area contributed by atoms with E-state index in [1.54, 1.807) is 0 Å². The molecule has 1 rings (SSSR count).